The average molecular weight is 276 g/mol. The summed E-state index contributed by atoms with van der Waals surface area (Å²) < 4.78 is 5.86. The van der Waals surface area contributed by atoms with Gasteiger partial charge in [0.05, 0.1) is 11.8 Å². The molecular weight excluding hydrogens is 252 g/mol. The van der Waals surface area contributed by atoms with Gasteiger partial charge in [-0.2, -0.15) is 0 Å². The molecule has 0 radical (unpaired) electrons. The van der Waals surface area contributed by atoms with E-state index < -0.39 is 0 Å². The highest BCUT2D eigenvalue weighted by Gasteiger charge is 2.35. The summed E-state index contributed by atoms with van der Waals surface area (Å²) in [6, 6.07) is 2.55. The van der Waals surface area contributed by atoms with Crippen LogP contribution >= 0.6 is 0 Å². The summed E-state index contributed by atoms with van der Waals surface area (Å²) in [6.45, 7) is 1.71. The molecule has 3 rings (SSSR count). The first-order valence-corrected chi connectivity index (χ1v) is 7.56. The van der Waals surface area contributed by atoms with E-state index in [4.69, 9.17) is 4.74 Å². The van der Waals surface area contributed by atoms with Crippen molar-refractivity contribution >= 4 is 5.95 Å². The molecule has 1 aromatic rings. The fraction of sp³-hybridized carbons (Fsp3) is 0.733. The van der Waals surface area contributed by atoms with Crippen molar-refractivity contribution in [2.45, 2.75) is 44.4 Å². The summed E-state index contributed by atoms with van der Waals surface area (Å²) >= 11 is 0. The van der Waals surface area contributed by atoms with Crippen molar-refractivity contribution in [2.75, 3.05) is 25.6 Å². The van der Waals surface area contributed by atoms with Gasteiger partial charge in [0.25, 0.3) is 0 Å². The van der Waals surface area contributed by atoms with Gasteiger partial charge in [-0.15, -0.1) is 0 Å². The molecule has 1 saturated carbocycles. The fourth-order valence-electron chi connectivity index (χ4n) is 2.76. The van der Waals surface area contributed by atoms with Crippen LogP contribution in [0.2, 0.25) is 0 Å². The molecule has 5 nitrogen and oxygen atoms in total. The zero-order chi connectivity index (χ0) is 13.9. The zero-order valence-electron chi connectivity index (χ0n) is 12.4. The minimum atomic E-state index is 0.490. The summed E-state index contributed by atoms with van der Waals surface area (Å²) in [4.78, 5) is 10.7. The predicted octanol–water partition coefficient (Wildman–Crippen LogP) is 1.59. The molecule has 0 spiro atoms. The van der Waals surface area contributed by atoms with Crippen molar-refractivity contribution in [1.29, 1.82) is 0 Å². The van der Waals surface area contributed by atoms with Crippen molar-refractivity contribution in [2.24, 2.45) is 5.92 Å². The molecule has 0 aromatic carbocycles. The Morgan fingerprint density at radius 2 is 2.20 bits per heavy atom. The minimum absolute atomic E-state index is 0.490. The smallest absolute Gasteiger partial charge is 0.225 e. The summed E-state index contributed by atoms with van der Waals surface area (Å²) in [5.41, 5.74) is 1.05. The van der Waals surface area contributed by atoms with Crippen molar-refractivity contribution < 1.29 is 4.74 Å². The van der Waals surface area contributed by atoms with Gasteiger partial charge in [-0.25, -0.2) is 9.97 Å². The van der Waals surface area contributed by atoms with Gasteiger partial charge in [0.2, 0.25) is 5.95 Å². The fourth-order valence-corrected chi connectivity index (χ4v) is 2.76. The Labute approximate surface area is 120 Å². The standard InChI is InChI=1S/C15H24N4O/c1-19(2)15-16-7-5-13(18-15)10-17-12-6-8-20-14(9-12)11-3-4-11/h5,7,11-12,14,17H,3-4,6,8-10H2,1-2H3/t12-,14+/m1/s1. The number of anilines is 1. The molecule has 1 aliphatic heterocycles. The summed E-state index contributed by atoms with van der Waals surface area (Å²) in [6.07, 6.45) is 7.29. The molecule has 0 unspecified atom stereocenters. The first kappa shape index (κ1) is 13.8. The van der Waals surface area contributed by atoms with Crippen molar-refractivity contribution in [1.82, 2.24) is 15.3 Å². The Bertz CT molecular complexity index is 447. The number of nitrogens with zero attached hydrogens (tertiary/aromatic N) is 3. The predicted molar refractivity (Wildman–Crippen MR) is 78.7 cm³/mol. The molecule has 0 amide bonds. The lowest BCUT2D eigenvalue weighted by molar-refractivity contribution is -0.0113. The van der Waals surface area contributed by atoms with Crippen molar-refractivity contribution in [3.63, 3.8) is 0 Å². The van der Waals surface area contributed by atoms with Gasteiger partial charge in [-0.3, -0.25) is 0 Å². The third-order valence-electron chi connectivity index (χ3n) is 4.14. The van der Waals surface area contributed by atoms with Gasteiger partial charge in [0.15, 0.2) is 0 Å². The molecule has 20 heavy (non-hydrogen) atoms. The lowest BCUT2D eigenvalue weighted by atomic mass is 10.00. The molecule has 1 aromatic heterocycles. The second-order valence-corrected chi connectivity index (χ2v) is 6.09. The maximum absolute atomic E-state index is 5.86. The van der Waals surface area contributed by atoms with E-state index in [0.717, 1.165) is 43.6 Å². The highest BCUT2D eigenvalue weighted by molar-refractivity contribution is 5.27. The van der Waals surface area contributed by atoms with Crippen LogP contribution in [-0.4, -0.2) is 42.8 Å². The van der Waals surface area contributed by atoms with Gasteiger partial charge >= 0.3 is 0 Å². The van der Waals surface area contributed by atoms with Gasteiger partial charge in [0, 0.05) is 39.5 Å². The topological polar surface area (TPSA) is 50.3 Å². The first-order chi connectivity index (χ1) is 9.72. The molecular formula is C15H24N4O. The number of ether oxygens (including phenoxy) is 1. The van der Waals surface area contributed by atoms with E-state index in [-0.39, 0.29) is 0 Å². The molecule has 1 aliphatic carbocycles. The number of rotatable bonds is 5. The van der Waals surface area contributed by atoms with Crippen LogP contribution in [0.15, 0.2) is 12.3 Å². The second-order valence-electron chi connectivity index (χ2n) is 6.09. The van der Waals surface area contributed by atoms with E-state index >= 15 is 0 Å². The molecule has 0 bridgehead atoms. The van der Waals surface area contributed by atoms with Crippen molar-refractivity contribution in [3.05, 3.63) is 18.0 Å². The molecule has 1 N–H and O–H groups in total. The Kier molecular flexibility index (Phi) is 4.17. The first-order valence-electron chi connectivity index (χ1n) is 7.56. The number of aromatic nitrogens is 2. The van der Waals surface area contributed by atoms with Crippen LogP contribution in [0.3, 0.4) is 0 Å². The van der Waals surface area contributed by atoms with E-state index in [1.54, 1.807) is 0 Å². The minimum Gasteiger partial charge on any atom is -0.378 e. The highest BCUT2D eigenvalue weighted by atomic mass is 16.5. The van der Waals surface area contributed by atoms with Gasteiger partial charge in [-0.1, -0.05) is 0 Å². The van der Waals surface area contributed by atoms with Gasteiger partial charge in [-0.05, 0) is 37.7 Å². The second kappa shape index (κ2) is 6.06. The molecule has 5 heteroatoms. The van der Waals surface area contributed by atoms with Crippen LogP contribution in [-0.2, 0) is 11.3 Å². The van der Waals surface area contributed by atoms with Crippen molar-refractivity contribution in [3.8, 4) is 0 Å². The molecule has 1 saturated heterocycles. The maximum Gasteiger partial charge on any atom is 0.225 e. The Morgan fingerprint density at radius 3 is 2.95 bits per heavy atom. The third kappa shape index (κ3) is 3.46. The van der Waals surface area contributed by atoms with Crippen LogP contribution < -0.4 is 10.2 Å². The van der Waals surface area contributed by atoms with Crippen LogP contribution in [0.5, 0.6) is 0 Å². The van der Waals surface area contributed by atoms with Crippen LogP contribution in [0, 0.1) is 5.92 Å². The van der Waals surface area contributed by atoms with Crippen LogP contribution in [0.4, 0.5) is 5.95 Å². The van der Waals surface area contributed by atoms with E-state index in [9.17, 15) is 0 Å². The normalized spacial score (nSPS) is 26.5. The Morgan fingerprint density at radius 1 is 1.35 bits per heavy atom. The van der Waals surface area contributed by atoms with Crippen LogP contribution in [0.1, 0.15) is 31.4 Å². The van der Waals surface area contributed by atoms with E-state index in [2.05, 4.69) is 15.3 Å². The molecule has 2 heterocycles. The van der Waals surface area contributed by atoms with E-state index in [0.29, 0.717) is 12.1 Å². The van der Waals surface area contributed by atoms with Gasteiger partial charge < -0.3 is 15.0 Å². The largest absolute Gasteiger partial charge is 0.378 e. The average Bonchev–Trinajstić information content (AvgIpc) is 3.30. The van der Waals surface area contributed by atoms with Crippen LogP contribution in [0.25, 0.3) is 0 Å². The molecule has 2 aliphatic rings. The number of hydrogen-bond donors (Lipinski definition) is 1. The molecule has 2 fully saturated rings. The molecule has 110 valence electrons. The van der Waals surface area contributed by atoms with E-state index in [1.165, 1.54) is 12.8 Å². The highest BCUT2D eigenvalue weighted by Crippen LogP contribution is 2.38. The summed E-state index contributed by atoms with van der Waals surface area (Å²) in [7, 11) is 3.93. The third-order valence-corrected chi connectivity index (χ3v) is 4.14. The van der Waals surface area contributed by atoms with Gasteiger partial charge in [0.1, 0.15) is 0 Å². The van der Waals surface area contributed by atoms with E-state index in [1.807, 2.05) is 31.3 Å². The summed E-state index contributed by atoms with van der Waals surface area (Å²) in [5.74, 6) is 1.60. The quantitative estimate of drug-likeness (QED) is 0.885. The lowest BCUT2D eigenvalue weighted by Gasteiger charge is -2.30. The number of nitrogens with one attached hydrogen (secondary N) is 1. The monoisotopic (exact) mass is 276 g/mol. The SMILES string of the molecule is CN(C)c1nccc(CN[C@@H]2CCO[C@H](C3CC3)C2)n1. The summed E-state index contributed by atoms with van der Waals surface area (Å²) in [5, 5.41) is 3.63. The lowest BCUT2D eigenvalue weighted by Crippen LogP contribution is -2.39. The Hall–Kier alpha value is -1.20. The maximum atomic E-state index is 5.86. The molecule has 2 atom stereocenters. The zero-order valence-corrected chi connectivity index (χ0v) is 12.4. The Balaban J connectivity index is 1.52. The number of hydrogen-bond acceptors (Lipinski definition) is 5.